The molecule has 1 saturated heterocycles. The summed E-state index contributed by atoms with van der Waals surface area (Å²) in [5, 5.41) is 6.03. The van der Waals surface area contributed by atoms with Crippen molar-refractivity contribution in [1.82, 2.24) is 15.2 Å². The number of rotatable bonds is 4. The van der Waals surface area contributed by atoms with Crippen LogP contribution in [-0.2, 0) is 0 Å². The molecule has 2 heterocycles. The van der Waals surface area contributed by atoms with Gasteiger partial charge in [-0.05, 0) is 38.1 Å². The number of likely N-dealkylation sites (N-methyl/N-ethyl adjacent to an activating group) is 1. The average molecular weight is 262 g/mol. The summed E-state index contributed by atoms with van der Waals surface area (Å²) in [6.45, 7) is 5.29. The molecule has 0 aliphatic carbocycles. The van der Waals surface area contributed by atoms with Crippen LogP contribution in [0.25, 0.3) is 0 Å². The number of nitrogens with one attached hydrogen (secondary N) is 2. The van der Waals surface area contributed by atoms with Crippen molar-refractivity contribution in [2.45, 2.75) is 25.8 Å². The standard InChI is InChI=1S/C14H22N4O/c1-3-18-8-4-5-12(10-18)17-14(19)11-6-7-13(15-2)16-9-11/h6-7,9,12H,3-5,8,10H2,1-2H3,(H,15,16)(H,17,19). The van der Waals surface area contributed by atoms with E-state index < -0.39 is 0 Å². The molecule has 2 rings (SSSR count). The predicted molar refractivity (Wildman–Crippen MR) is 76.4 cm³/mol. The second-order valence-corrected chi connectivity index (χ2v) is 4.89. The molecule has 1 aliphatic rings. The van der Waals surface area contributed by atoms with Crippen molar-refractivity contribution < 1.29 is 4.79 Å². The highest BCUT2D eigenvalue weighted by atomic mass is 16.1. The first-order valence-electron chi connectivity index (χ1n) is 6.90. The molecule has 1 atom stereocenters. The molecule has 1 aliphatic heterocycles. The molecule has 0 spiro atoms. The number of piperidine rings is 1. The van der Waals surface area contributed by atoms with E-state index in [0.717, 1.165) is 38.3 Å². The zero-order valence-corrected chi connectivity index (χ0v) is 11.6. The van der Waals surface area contributed by atoms with Crippen LogP contribution in [0, 0.1) is 0 Å². The molecule has 19 heavy (non-hydrogen) atoms. The molecule has 0 bridgehead atoms. The molecule has 104 valence electrons. The lowest BCUT2D eigenvalue weighted by Gasteiger charge is -2.32. The molecule has 0 saturated carbocycles. The van der Waals surface area contributed by atoms with Gasteiger partial charge in [-0.3, -0.25) is 4.79 Å². The van der Waals surface area contributed by atoms with Crippen LogP contribution in [0.2, 0.25) is 0 Å². The van der Waals surface area contributed by atoms with Gasteiger partial charge in [0.15, 0.2) is 0 Å². The van der Waals surface area contributed by atoms with Gasteiger partial charge in [0, 0.05) is 25.8 Å². The maximum atomic E-state index is 12.1. The third-order valence-electron chi connectivity index (χ3n) is 3.57. The fourth-order valence-electron chi connectivity index (χ4n) is 2.41. The second kappa shape index (κ2) is 6.52. The highest BCUT2D eigenvalue weighted by Gasteiger charge is 2.20. The molecule has 5 nitrogen and oxygen atoms in total. The molecule has 1 amide bonds. The van der Waals surface area contributed by atoms with E-state index in [4.69, 9.17) is 0 Å². The van der Waals surface area contributed by atoms with Gasteiger partial charge in [-0.25, -0.2) is 4.98 Å². The van der Waals surface area contributed by atoms with Crippen LogP contribution in [0.1, 0.15) is 30.1 Å². The Morgan fingerprint density at radius 3 is 3.00 bits per heavy atom. The number of pyridine rings is 1. The second-order valence-electron chi connectivity index (χ2n) is 4.89. The first-order chi connectivity index (χ1) is 9.22. The van der Waals surface area contributed by atoms with Crippen LogP contribution in [0.15, 0.2) is 18.3 Å². The topological polar surface area (TPSA) is 57.3 Å². The number of amides is 1. The maximum absolute atomic E-state index is 12.1. The SMILES string of the molecule is CCN1CCCC(NC(=O)c2ccc(NC)nc2)C1. The normalized spacial score (nSPS) is 20.0. The summed E-state index contributed by atoms with van der Waals surface area (Å²) in [6.07, 6.45) is 3.82. The molecule has 1 aromatic rings. The monoisotopic (exact) mass is 262 g/mol. The number of hydrogen-bond acceptors (Lipinski definition) is 4. The highest BCUT2D eigenvalue weighted by molar-refractivity contribution is 5.94. The summed E-state index contributed by atoms with van der Waals surface area (Å²) < 4.78 is 0. The Kier molecular flexibility index (Phi) is 4.74. The van der Waals surface area contributed by atoms with E-state index in [2.05, 4.69) is 27.4 Å². The Hall–Kier alpha value is -1.62. The van der Waals surface area contributed by atoms with Crippen molar-refractivity contribution in [2.75, 3.05) is 32.0 Å². The Bertz CT molecular complexity index is 418. The molecule has 2 N–H and O–H groups in total. The number of likely N-dealkylation sites (tertiary alicyclic amines) is 1. The van der Waals surface area contributed by atoms with Crippen molar-refractivity contribution in [1.29, 1.82) is 0 Å². The van der Waals surface area contributed by atoms with Crippen molar-refractivity contribution in [3.63, 3.8) is 0 Å². The van der Waals surface area contributed by atoms with Gasteiger partial charge in [-0.1, -0.05) is 6.92 Å². The van der Waals surface area contributed by atoms with E-state index in [1.54, 1.807) is 12.3 Å². The van der Waals surface area contributed by atoms with Gasteiger partial charge in [0.2, 0.25) is 0 Å². The lowest BCUT2D eigenvalue weighted by molar-refractivity contribution is 0.0905. The molecular formula is C14H22N4O. The van der Waals surface area contributed by atoms with E-state index in [0.29, 0.717) is 5.56 Å². The maximum Gasteiger partial charge on any atom is 0.253 e. The number of aromatic nitrogens is 1. The molecule has 0 radical (unpaired) electrons. The molecule has 5 heteroatoms. The fraction of sp³-hybridized carbons (Fsp3) is 0.571. The average Bonchev–Trinajstić information content (AvgIpc) is 2.47. The van der Waals surface area contributed by atoms with Crippen molar-refractivity contribution in [3.8, 4) is 0 Å². The summed E-state index contributed by atoms with van der Waals surface area (Å²) in [5.74, 6) is 0.740. The van der Waals surface area contributed by atoms with Crippen LogP contribution in [0.3, 0.4) is 0 Å². The highest BCUT2D eigenvalue weighted by Crippen LogP contribution is 2.11. The third-order valence-corrected chi connectivity index (χ3v) is 3.57. The van der Waals surface area contributed by atoms with Gasteiger partial charge < -0.3 is 15.5 Å². The molecule has 1 fully saturated rings. The number of carbonyl (C=O) groups is 1. The summed E-state index contributed by atoms with van der Waals surface area (Å²) >= 11 is 0. The van der Waals surface area contributed by atoms with E-state index >= 15 is 0 Å². The minimum absolute atomic E-state index is 0.0295. The summed E-state index contributed by atoms with van der Waals surface area (Å²) in [6, 6.07) is 3.87. The van der Waals surface area contributed by atoms with Crippen LogP contribution in [-0.4, -0.2) is 48.5 Å². The van der Waals surface area contributed by atoms with Gasteiger partial charge in [0.25, 0.3) is 5.91 Å². The van der Waals surface area contributed by atoms with Crippen LogP contribution in [0.4, 0.5) is 5.82 Å². The Balaban J connectivity index is 1.92. The van der Waals surface area contributed by atoms with Crippen LogP contribution >= 0.6 is 0 Å². The van der Waals surface area contributed by atoms with Crippen LogP contribution < -0.4 is 10.6 Å². The van der Waals surface area contributed by atoms with Gasteiger partial charge >= 0.3 is 0 Å². The lowest BCUT2D eigenvalue weighted by Crippen LogP contribution is -2.47. The van der Waals surface area contributed by atoms with Crippen LogP contribution in [0.5, 0.6) is 0 Å². The van der Waals surface area contributed by atoms with E-state index in [-0.39, 0.29) is 11.9 Å². The predicted octanol–water partition coefficient (Wildman–Crippen LogP) is 1.34. The zero-order chi connectivity index (χ0) is 13.7. The quantitative estimate of drug-likeness (QED) is 0.859. The van der Waals surface area contributed by atoms with Crippen molar-refractivity contribution in [3.05, 3.63) is 23.9 Å². The molecule has 1 unspecified atom stereocenters. The smallest absolute Gasteiger partial charge is 0.253 e. The molecule has 0 aromatic carbocycles. The summed E-state index contributed by atoms with van der Waals surface area (Å²) in [7, 11) is 1.81. The first kappa shape index (κ1) is 13.8. The lowest BCUT2D eigenvalue weighted by atomic mass is 10.1. The number of anilines is 1. The Morgan fingerprint density at radius 1 is 1.53 bits per heavy atom. The molecular weight excluding hydrogens is 240 g/mol. The van der Waals surface area contributed by atoms with E-state index in [1.807, 2.05) is 13.1 Å². The Labute approximate surface area is 114 Å². The zero-order valence-electron chi connectivity index (χ0n) is 11.6. The van der Waals surface area contributed by atoms with E-state index in [9.17, 15) is 4.79 Å². The summed E-state index contributed by atoms with van der Waals surface area (Å²) in [5.41, 5.74) is 0.618. The largest absolute Gasteiger partial charge is 0.373 e. The number of nitrogens with zero attached hydrogens (tertiary/aromatic N) is 2. The fourth-order valence-corrected chi connectivity index (χ4v) is 2.41. The van der Waals surface area contributed by atoms with Gasteiger partial charge in [-0.15, -0.1) is 0 Å². The summed E-state index contributed by atoms with van der Waals surface area (Å²) in [4.78, 5) is 18.6. The van der Waals surface area contributed by atoms with Gasteiger partial charge in [0.05, 0.1) is 5.56 Å². The number of carbonyl (C=O) groups excluding carboxylic acids is 1. The Morgan fingerprint density at radius 2 is 2.37 bits per heavy atom. The van der Waals surface area contributed by atoms with Crippen molar-refractivity contribution >= 4 is 11.7 Å². The van der Waals surface area contributed by atoms with Gasteiger partial charge in [0.1, 0.15) is 5.82 Å². The number of hydrogen-bond donors (Lipinski definition) is 2. The molecule has 1 aromatic heterocycles. The van der Waals surface area contributed by atoms with Gasteiger partial charge in [-0.2, -0.15) is 0 Å². The van der Waals surface area contributed by atoms with E-state index in [1.165, 1.54) is 0 Å². The minimum atomic E-state index is -0.0295. The van der Waals surface area contributed by atoms with Crippen molar-refractivity contribution in [2.24, 2.45) is 0 Å². The minimum Gasteiger partial charge on any atom is -0.373 e. The first-order valence-corrected chi connectivity index (χ1v) is 6.90. The third kappa shape index (κ3) is 3.67.